The van der Waals surface area contributed by atoms with Crippen LogP contribution in [0, 0.1) is 5.82 Å². The number of halogens is 2. The fraction of sp³-hybridized carbons (Fsp3) is 0.231. The molecule has 0 unspecified atom stereocenters. The Morgan fingerprint density at radius 1 is 1.25 bits per heavy atom. The van der Waals surface area contributed by atoms with Gasteiger partial charge in [0.2, 0.25) is 0 Å². The van der Waals surface area contributed by atoms with E-state index < -0.39 is 17.1 Å². The van der Waals surface area contributed by atoms with Gasteiger partial charge in [0, 0.05) is 25.4 Å². The zero-order chi connectivity index (χ0) is 14.7. The Morgan fingerprint density at radius 2 is 2.00 bits per heavy atom. The summed E-state index contributed by atoms with van der Waals surface area (Å²) in [7, 11) is 0. The van der Waals surface area contributed by atoms with Crippen LogP contribution in [-0.2, 0) is 13.1 Å². The van der Waals surface area contributed by atoms with Gasteiger partial charge >= 0.3 is 5.69 Å². The summed E-state index contributed by atoms with van der Waals surface area (Å²) in [5, 5.41) is 0. The van der Waals surface area contributed by atoms with E-state index in [4.69, 9.17) is 5.73 Å². The summed E-state index contributed by atoms with van der Waals surface area (Å²) in [5.74, 6) is -0.397. The molecule has 0 atom stereocenters. The van der Waals surface area contributed by atoms with Gasteiger partial charge < -0.3 is 5.73 Å². The minimum atomic E-state index is -0.459. The molecule has 106 valence electrons. The topological polar surface area (TPSA) is 70.0 Å². The molecule has 0 radical (unpaired) electrons. The van der Waals surface area contributed by atoms with Gasteiger partial charge in [-0.25, -0.2) is 9.18 Å². The van der Waals surface area contributed by atoms with Crippen molar-refractivity contribution in [3.8, 4) is 0 Å². The molecule has 0 saturated carbocycles. The van der Waals surface area contributed by atoms with Crippen LogP contribution in [0.3, 0.4) is 0 Å². The summed E-state index contributed by atoms with van der Waals surface area (Å²) in [5.41, 5.74) is 5.14. The van der Waals surface area contributed by atoms with Crippen LogP contribution in [0.4, 0.5) is 4.39 Å². The fourth-order valence-corrected chi connectivity index (χ4v) is 2.26. The number of aromatic nitrogens is 2. The van der Waals surface area contributed by atoms with Gasteiger partial charge in [-0.05, 0) is 27.6 Å². The second-order valence-electron chi connectivity index (χ2n) is 4.22. The molecule has 0 aliphatic carbocycles. The quantitative estimate of drug-likeness (QED) is 0.898. The zero-order valence-corrected chi connectivity index (χ0v) is 12.1. The van der Waals surface area contributed by atoms with Gasteiger partial charge in [0.1, 0.15) is 5.82 Å². The first kappa shape index (κ1) is 14.7. The maximum Gasteiger partial charge on any atom is 0.331 e. The summed E-state index contributed by atoms with van der Waals surface area (Å²) >= 11 is 3.15. The van der Waals surface area contributed by atoms with Crippen LogP contribution in [0.15, 0.2) is 44.5 Å². The maximum absolute atomic E-state index is 13.4. The Labute approximate surface area is 122 Å². The Balaban J connectivity index is 2.45. The van der Waals surface area contributed by atoms with Crippen LogP contribution in [-0.4, -0.2) is 15.7 Å². The first-order valence-electron chi connectivity index (χ1n) is 5.98. The van der Waals surface area contributed by atoms with Crippen molar-refractivity contribution < 1.29 is 4.39 Å². The van der Waals surface area contributed by atoms with E-state index >= 15 is 0 Å². The predicted octanol–water partition coefficient (Wildman–Crippen LogP) is 0.919. The highest BCUT2D eigenvalue weighted by Crippen LogP contribution is 2.20. The number of nitrogens with zero attached hydrogens (tertiary/aromatic N) is 2. The van der Waals surface area contributed by atoms with E-state index in [0.717, 1.165) is 4.57 Å². The Bertz CT molecular complexity index is 739. The Morgan fingerprint density at radius 3 is 2.70 bits per heavy atom. The van der Waals surface area contributed by atoms with Crippen LogP contribution in [0.5, 0.6) is 0 Å². The lowest BCUT2D eigenvalue weighted by Crippen LogP contribution is -2.40. The molecule has 0 spiro atoms. The molecular formula is C13H13BrFN3O2. The highest BCUT2D eigenvalue weighted by molar-refractivity contribution is 9.10. The first-order chi connectivity index (χ1) is 9.54. The molecule has 1 aromatic carbocycles. The summed E-state index contributed by atoms with van der Waals surface area (Å²) in [6.45, 7) is 0.522. The van der Waals surface area contributed by atoms with Gasteiger partial charge in [-0.3, -0.25) is 13.9 Å². The van der Waals surface area contributed by atoms with Crippen molar-refractivity contribution in [1.29, 1.82) is 0 Å². The van der Waals surface area contributed by atoms with Crippen molar-refractivity contribution in [2.24, 2.45) is 5.73 Å². The van der Waals surface area contributed by atoms with Crippen LogP contribution in [0.2, 0.25) is 0 Å². The van der Waals surface area contributed by atoms with E-state index in [-0.39, 0.29) is 19.6 Å². The molecule has 2 aromatic rings. The van der Waals surface area contributed by atoms with Gasteiger partial charge in [0.25, 0.3) is 5.56 Å². The molecule has 0 amide bonds. The molecule has 0 aliphatic rings. The molecular weight excluding hydrogens is 329 g/mol. The van der Waals surface area contributed by atoms with Gasteiger partial charge in [0.05, 0.1) is 11.0 Å². The van der Waals surface area contributed by atoms with E-state index in [1.165, 1.54) is 22.9 Å². The normalized spacial score (nSPS) is 10.8. The van der Waals surface area contributed by atoms with E-state index in [1.54, 1.807) is 12.1 Å². The van der Waals surface area contributed by atoms with Crippen molar-refractivity contribution in [3.05, 3.63) is 67.2 Å². The van der Waals surface area contributed by atoms with E-state index in [9.17, 15) is 14.0 Å². The molecule has 2 rings (SSSR count). The molecule has 7 heteroatoms. The lowest BCUT2D eigenvalue weighted by molar-refractivity contribution is 0.574. The largest absolute Gasteiger partial charge is 0.331 e. The van der Waals surface area contributed by atoms with Crippen molar-refractivity contribution in [2.45, 2.75) is 13.1 Å². The molecule has 5 nitrogen and oxygen atoms in total. The molecule has 0 bridgehead atoms. The van der Waals surface area contributed by atoms with Crippen molar-refractivity contribution in [1.82, 2.24) is 9.13 Å². The monoisotopic (exact) mass is 341 g/mol. The molecule has 1 aromatic heterocycles. The zero-order valence-electron chi connectivity index (χ0n) is 10.6. The van der Waals surface area contributed by atoms with Gasteiger partial charge in [-0.15, -0.1) is 0 Å². The van der Waals surface area contributed by atoms with E-state index in [2.05, 4.69) is 15.9 Å². The number of hydrogen-bond acceptors (Lipinski definition) is 3. The number of hydrogen-bond donors (Lipinski definition) is 1. The third kappa shape index (κ3) is 2.88. The van der Waals surface area contributed by atoms with Crippen LogP contribution in [0.1, 0.15) is 5.56 Å². The van der Waals surface area contributed by atoms with Crippen LogP contribution >= 0.6 is 15.9 Å². The number of benzene rings is 1. The molecule has 1 heterocycles. The van der Waals surface area contributed by atoms with Crippen molar-refractivity contribution in [3.63, 3.8) is 0 Å². The highest BCUT2D eigenvalue weighted by atomic mass is 79.9. The third-order valence-electron chi connectivity index (χ3n) is 2.86. The number of rotatable bonds is 4. The number of nitrogens with two attached hydrogens (primary N) is 1. The van der Waals surface area contributed by atoms with Crippen LogP contribution in [0.25, 0.3) is 0 Å². The highest BCUT2D eigenvalue weighted by Gasteiger charge is 2.09. The standard InChI is InChI=1S/C13H13BrFN3O2/c14-12-9(2-1-3-10(12)15)8-17-6-4-11(19)18(7-5-16)13(17)20/h1-4,6H,5,7-8,16H2. The smallest absolute Gasteiger partial charge is 0.329 e. The average molecular weight is 342 g/mol. The molecule has 0 fully saturated rings. The minimum Gasteiger partial charge on any atom is -0.329 e. The van der Waals surface area contributed by atoms with Gasteiger partial charge in [0.15, 0.2) is 0 Å². The van der Waals surface area contributed by atoms with Crippen molar-refractivity contribution >= 4 is 15.9 Å². The maximum atomic E-state index is 13.4. The molecule has 0 saturated heterocycles. The third-order valence-corrected chi connectivity index (χ3v) is 3.75. The fourth-order valence-electron chi connectivity index (χ4n) is 1.87. The molecule has 0 aliphatic heterocycles. The Hall–Kier alpha value is -1.73. The summed E-state index contributed by atoms with van der Waals surface area (Å²) < 4.78 is 16.2. The minimum absolute atomic E-state index is 0.156. The lowest BCUT2D eigenvalue weighted by atomic mass is 10.2. The van der Waals surface area contributed by atoms with Gasteiger partial charge in [-0.2, -0.15) is 0 Å². The summed E-state index contributed by atoms with van der Waals surface area (Å²) in [6.07, 6.45) is 1.40. The second-order valence-corrected chi connectivity index (χ2v) is 5.01. The molecule has 20 heavy (non-hydrogen) atoms. The first-order valence-corrected chi connectivity index (χ1v) is 6.77. The SMILES string of the molecule is NCCn1c(=O)ccn(Cc2cccc(F)c2Br)c1=O. The van der Waals surface area contributed by atoms with Crippen molar-refractivity contribution in [2.75, 3.05) is 6.54 Å². The van der Waals surface area contributed by atoms with Gasteiger partial charge in [-0.1, -0.05) is 12.1 Å². The average Bonchev–Trinajstić information content (AvgIpc) is 2.43. The Kier molecular flexibility index (Phi) is 4.51. The second kappa shape index (κ2) is 6.15. The molecule has 2 N–H and O–H groups in total. The van der Waals surface area contributed by atoms with Crippen LogP contribution < -0.4 is 17.0 Å². The summed E-state index contributed by atoms with van der Waals surface area (Å²) in [4.78, 5) is 23.7. The lowest BCUT2D eigenvalue weighted by Gasteiger charge is -2.10. The predicted molar refractivity (Wildman–Crippen MR) is 77.2 cm³/mol. The van der Waals surface area contributed by atoms with E-state index in [0.29, 0.717) is 10.0 Å². The van der Waals surface area contributed by atoms with E-state index in [1.807, 2.05) is 0 Å². The summed E-state index contributed by atoms with van der Waals surface area (Å²) in [6, 6.07) is 5.89.